The molecule has 0 saturated carbocycles. The van der Waals surface area contributed by atoms with Crippen LogP contribution in [0.5, 0.6) is 5.75 Å². The van der Waals surface area contributed by atoms with Gasteiger partial charge < -0.3 is 15.4 Å². The lowest BCUT2D eigenvalue weighted by Gasteiger charge is -2.08. The molecule has 6 heteroatoms. The Morgan fingerprint density at radius 1 is 1.40 bits per heavy atom. The third kappa shape index (κ3) is 5.28. The summed E-state index contributed by atoms with van der Waals surface area (Å²) < 4.78 is 5.46. The maximum absolute atomic E-state index is 12.1. The van der Waals surface area contributed by atoms with Crippen molar-refractivity contribution in [3.8, 4) is 16.3 Å². The number of carbonyl (C=O) groups is 1. The van der Waals surface area contributed by atoms with E-state index in [-0.39, 0.29) is 5.91 Å². The molecular formula is C19H25N3O2S. The number of nitrogens with one attached hydrogen (secondary N) is 2. The molecule has 134 valence electrons. The summed E-state index contributed by atoms with van der Waals surface area (Å²) in [6.07, 6.45) is 2.61. The van der Waals surface area contributed by atoms with Gasteiger partial charge in [-0.05, 0) is 63.0 Å². The van der Waals surface area contributed by atoms with E-state index in [1.165, 1.54) is 6.42 Å². The Hall–Kier alpha value is -1.92. The molecule has 3 rings (SSSR count). The second-order valence-corrected chi connectivity index (χ2v) is 7.13. The third-order valence-electron chi connectivity index (χ3n) is 4.34. The highest BCUT2D eigenvalue weighted by Crippen LogP contribution is 2.26. The lowest BCUT2D eigenvalue weighted by atomic mass is 10.1. The summed E-state index contributed by atoms with van der Waals surface area (Å²) in [7, 11) is 0. The highest BCUT2D eigenvalue weighted by molar-refractivity contribution is 7.13. The average Bonchev–Trinajstić information content (AvgIpc) is 3.28. The fourth-order valence-corrected chi connectivity index (χ4v) is 3.81. The fourth-order valence-electron chi connectivity index (χ4n) is 2.98. The summed E-state index contributed by atoms with van der Waals surface area (Å²) in [6.45, 7) is 5.56. The van der Waals surface area contributed by atoms with Crippen LogP contribution in [0.3, 0.4) is 0 Å². The van der Waals surface area contributed by atoms with Crippen LogP contribution >= 0.6 is 11.3 Å². The van der Waals surface area contributed by atoms with Crippen LogP contribution in [0.25, 0.3) is 10.6 Å². The quantitative estimate of drug-likeness (QED) is 0.761. The van der Waals surface area contributed by atoms with E-state index in [1.54, 1.807) is 11.3 Å². The SMILES string of the molecule is CCOc1ccc(-c2nc(CC(=O)NCCC3CCNC3)cs2)cc1. The molecule has 0 aliphatic carbocycles. The van der Waals surface area contributed by atoms with Gasteiger partial charge in [0.05, 0.1) is 18.7 Å². The maximum atomic E-state index is 12.1. The fraction of sp³-hybridized carbons (Fsp3) is 0.474. The van der Waals surface area contributed by atoms with Gasteiger partial charge in [-0.25, -0.2) is 4.98 Å². The van der Waals surface area contributed by atoms with Crippen molar-refractivity contribution >= 4 is 17.2 Å². The zero-order chi connectivity index (χ0) is 17.5. The summed E-state index contributed by atoms with van der Waals surface area (Å²) >= 11 is 1.57. The summed E-state index contributed by atoms with van der Waals surface area (Å²) in [6, 6.07) is 7.90. The molecule has 1 amide bonds. The van der Waals surface area contributed by atoms with Crippen LogP contribution in [0, 0.1) is 5.92 Å². The molecule has 1 aliphatic rings. The van der Waals surface area contributed by atoms with Gasteiger partial charge >= 0.3 is 0 Å². The molecule has 1 aromatic heterocycles. The smallest absolute Gasteiger partial charge is 0.226 e. The van der Waals surface area contributed by atoms with E-state index in [4.69, 9.17) is 4.74 Å². The van der Waals surface area contributed by atoms with E-state index in [0.29, 0.717) is 18.9 Å². The summed E-state index contributed by atoms with van der Waals surface area (Å²) in [5.74, 6) is 1.61. The van der Waals surface area contributed by atoms with Gasteiger partial charge in [0.1, 0.15) is 10.8 Å². The lowest BCUT2D eigenvalue weighted by Crippen LogP contribution is -2.27. The van der Waals surface area contributed by atoms with E-state index in [2.05, 4.69) is 15.6 Å². The van der Waals surface area contributed by atoms with E-state index >= 15 is 0 Å². The lowest BCUT2D eigenvalue weighted by molar-refractivity contribution is -0.120. The molecule has 1 unspecified atom stereocenters. The largest absolute Gasteiger partial charge is 0.494 e. The molecular weight excluding hydrogens is 334 g/mol. The number of ether oxygens (including phenoxy) is 1. The molecule has 1 aliphatic heterocycles. The maximum Gasteiger partial charge on any atom is 0.226 e. The van der Waals surface area contributed by atoms with E-state index < -0.39 is 0 Å². The van der Waals surface area contributed by atoms with Crippen molar-refractivity contribution in [1.82, 2.24) is 15.6 Å². The van der Waals surface area contributed by atoms with Crippen molar-refractivity contribution in [2.45, 2.75) is 26.2 Å². The number of amides is 1. The van der Waals surface area contributed by atoms with Gasteiger partial charge in [0.2, 0.25) is 5.91 Å². The minimum absolute atomic E-state index is 0.0505. The second-order valence-electron chi connectivity index (χ2n) is 6.28. The molecule has 1 aromatic carbocycles. The third-order valence-corrected chi connectivity index (χ3v) is 5.28. The molecule has 1 atom stereocenters. The molecule has 1 fully saturated rings. The average molecular weight is 359 g/mol. The first-order valence-corrected chi connectivity index (χ1v) is 9.77. The summed E-state index contributed by atoms with van der Waals surface area (Å²) in [4.78, 5) is 16.7. The zero-order valence-corrected chi connectivity index (χ0v) is 15.4. The zero-order valence-electron chi connectivity index (χ0n) is 14.6. The summed E-state index contributed by atoms with van der Waals surface area (Å²) in [5.41, 5.74) is 1.88. The number of rotatable bonds is 8. The van der Waals surface area contributed by atoms with Crippen LogP contribution < -0.4 is 15.4 Å². The van der Waals surface area contributed by atoms with Gasteiger partial charge in [-0.15, -0.1) is 11.3 Å². The molecule has 0 spiro atoms. The highest BCUT2D eigenvalue weighted by atomic mass is 32.1. The molecule has 2 aromatic rings. The van der Waals surface area contributed by atoms with Gasteiger partial charge in [-0.2, -0.15) is 0 Å². The Morgan fingerprint density at radius 3 is 2.96 bits per heavy atom. The number of aromatic nitrogens is 1. The van der Waals surface area contributed by atoms with Gasteiger partial charge in [0.25, 0.3) is 0 Å². The van der Waals surface area contributed by atoms with Crippen LogP contribution in [0.15, 0.2) is 29.6 Å². The van der Waals surface area contributed by atoms with Crippen molar-refractivity contribution in [2.24, 2.45) is 5.92 Å². The molecule has 0 radical (unpaired) electrons. The van der Waals surface area contributed by atoms with E-state index in [1.807, 2.05) is 36.6 Å². The van der Waals surface area contributed by atoms with Crippen LogP contribution in [0.1, 0.15) is 25.5 Å². The Labute approximate surface area is 152 Å². The van der Waals surface area contributed by atoms with Gasteiger partial charge in [0, 0.05) is 17.5 Å². The van der Waals surface area contributed by atoms with Gasteiger partial charge in [0.15, 0.2) is 0 Å². The predicted molar refractivity (Wildman–Crippen MR) is 101 cm³/mol. The first kappa shape index (κ1) is 17.9. The predicted octanol–water partition coefficient (Wildman–Crippen LogP) is 2.87. The van der Waals surface area contributed by atoms with E-state index in [9.17, 15) is 4.79 Å². The van der Waals surface area contributed by atoms with Crippen LogP contribution in [-0.4, -0.2) is 37.1 Å². The Morgan fingerprint density at radius 2 is 2.24 bits per heavy atom. The second kappa shape index (κ2) is 8.97. The van der Waals surface area contributed by atoms with Gasteiger partial charge in [-0.1, -0.05) is 0 Å². The minimum atomic E-state index is 0.0505. The topological polar surface area (TPSA) is 63.2 Å². The molecule has 1 saturated heterocycles. The molecule has 25 heavy (non-hydrogen) atoms. The number of thiazole rings is 1. The number of benzene rings is 1. The Balaban J connectivity index is 1.48. The Bertz CT molecular complexity index is 678. The molecule has 0 bridgehead atoms. The highest BCUT2D eigenvalue weighted by Gasteiger charge is 2.14. The minimum Gasteiger partial charge on any atom is -0.494 e. The van der Waals surface area contributed by atoms with Crippen LogP contribution in [0.4, 0.5) is 0 Å². The van der Waals surface area contributed by atoms with Gasteiger partial charge in [-0.3, -0.25) is 4.79 Å². The van der Waals surface area contributed by atoms with Crippen molar-refractivity contribution in [3.05, 3.63) is 35.3 Å². The van der Waals surface area contributed by atoms with Crippen molar-refractivity contribution in [1.29, 1.82) is 0 Å². The van der Waals surface area contributed by atoms with Crippen LogP contribution in [0.2, 0.25) is 0 Å². The van der Waals surface area contributed by atoms with Crippen LogP contribution in [-0.2, 0) is 11.2 Å². The Kier molecular flexibility index (Phi) is 6.42. The monoisotopic (exact) mass is 359 g/mol. The first-order valence-electron chi connectivity index (χ1n) is 8.89. The number of nitrogens with zero attached hydrogens (tertiary/aromatic N) is 1. The normalized spacial score (nSPS) is 16.8. The summed E-state index contributed by atoms with van der Waals surface area (Å²) in [5, 5.41) is 9.26. The molecule has 2 N–H and O–H groups in total. The van der Waals surface area contributed by atoms with Crippen molar-refractivity contribution < 1.29 is 9.53 Å². The standard InChI is InChI=1S/C19H25N3O2S/c1-2-24-17-5-3-15(4-6-17)19-22-16(13-25-19)11-18(23)21-10-8-14-7-9-20-12-14/h3-6,13-14,20H,2,7-12H2,1H3,(H,21,23). The first-order chi connectivity index (χ1) is 12.2. The number of carbonyl (C=O) groups excluding carboxylic acids is 1. The van der Waals surface area contributed by atoms with E-state index in [0.717, 1.165) is 48.1 Å². The number of hydrogen-bond donors (Lipinski definition) is 2. The van der Waals surface area contributed by atoms with Crippen molar-refractivity contribution in [3.63, 3.8) is 0 Å². The van der Waals surface area contributed by atoms with Crippen molar-refractivity contribution in [2.75, 3.05) is 26.2 Å². The molecule has 2 heterocycles. The molecule has 5 nitrogen and oxygen atoms in total. The number of hydrogen-bond acceptors (Lipinski definition) is 5.